The number of rotatable bonds is 1. The van der Waals surface area contributed by atoms with Gasteiger partial charge in [-0.1, -0.05) is 0 Å². The monoisotopic (exact) mass is 308 g/mol. The molecular weight excluding hydrogens is 288 g/mol. The summed E-state index contributed by atoms with van der Waals surface area (Å²) in [4.78, 5) is 33.2. The van der Waals surface area contributed by atoms with Crippen molar-refractivity contribution in [2.45, 2.75) is 32.1 Å². The van der Waals surface area contributed by atoms with Gasteiger partial charge < -0.3 is 9.80 Å². The molecule has 0 unspecified atom stereocenters. The van der Waals surface area contributed by atoms with Crippen molar-refractivity contribution in [1.82, 2.24) is 14.8 Å². The van der Waals surface area contributed by atoms with E-state index in [1.807, 2.05) is 0 Å². The second-order valence-electron chi connectivity index (χ2n) is 5.62. The summed E-state index contributed by atoms with van der Waals surface area (Å²) < 4.78 is 0. The first-order chi connectivity index (χ1) is 10.1. The lowest BCUT2D eigenvalue weighted by atomic mass is 10.0. The van der Waals surface area contributed by atoms with Crippen LogP contribution in [0, 0.1) is 0 Å². The molecule has 1 aliphatic heterocycles. The lowest BCUT2D eigenvalue weighted by molar-refractivity contribution is -0.129. The molecule has 1 fully saturated rings. The van der Waals surface area contributed by atoms with Crippen molar-refractivity contribution in [1.29, 1.82) is 0 Å². The van der Waals surface area contributed by atoms with E-state index in [1.54, 1.807) is 28.2 Å². The Bertz CT molecular complexity index is 534. The van der Waals surface area contributed by atoms with Crippen molar-refractivity contribution in [2.75, 3.05) is 32.0 Å². The van der Waals surface area contributed by atoms with Gasteiger partial charge in [0.25, 0.3) is 0 Å². The molecule has 1 N–H and O–H groups in total. The average Bonchev–Trinajstić information content (AvgIpc) is 2.79. The van der Waals surface area contributed by atoms with Crippen molar-refractivity contribution >= 4 is 28.4 Å². The number of nitrogens with zero attached hydrogens (tertiary/aromatic N) is 3. The molecule has 0 aromatic carbocycles. The summed E-state index contributed by atoms with van der Waals surface area (Å²) in [6, 6.07) is -0.218. The number of hydrogen-bond acceptors (Lipinski definition) is 4. The number of amides is 3. The molecule has 1 aromatic heterocycles. The molecule has 1 aromatic rings. The van der Waals surface area contributed by atoms with Crippen LogP contribution < -0.4 is 5.32 Å². The molecule has 1 aliphatic carbocycles. The summed E-state index contributed by atoms with van der Waals surface area (Å²) in [5.41, 5.74) is 1.13. The predicted molar refractivity (Wildman–Crippen MR) is 81.6 cm³/mol. The second-order valence-corrected chi connectivity index (χ2v) is 6.70. The molecule has 3 amide bonds. The highest BCUT2D eigenvalue weighted by Gasteiger charge is 2.24. The summed E-state index contributed by atoms with van der Waals surface area (Å²) in [6.45, 7) is 1.45. The molecule has 0 atom stereocenters. The fourth-order valence-corrected chi connectivity index (χ4v) is 3.78. The molecule has 7 heteroatoms. The third-order valence-electron chi connectivity index (χ3n) is 4.02. The third-order valence-corrected chi connectivity index (χ3v) is 5.09. The van der Waals surface area contributed by atoms with Crippen LogP contribution in [-0.4, -0.2) is 53.4 Å². The van der Waals surface area contributed by atoms with Crippen LogP contribution in [0.1, 0.15) is 29.8 Å². The van der Waals surface area contributed by atoms with E-state index in [9.17, 15) is 9.59 Å². The number of aromatic nitrogens is 1. The number of nitrogens with one attached hydrogen (secondary N) is 1. The number of thiazole rings is 1. The van der Waals surface area contributed by atoms with Crippen LogP contribution >= 0.6 is 11.3 Å². The molecule has 114 valence electrons. The maximum Gasteiger partial charge on any atom is 0.324 e. The van der Waals surface area contributed by atoms with Gasteiger partial charge in [0.1, 0.15) is 6.54 Å². The molecule has 3 rings (SSSR count). The van der Waals surface area contributed by atoms with Gasteiger partial charge >= 0.3 is 6.03 Å². The summed E-state index contributed by atoms with van der Waals surface area (Å²) in [7, 11) is 1.78. The Hall–Kier alpha value is -1.63. The van der Waals surface area contributed by atoms with Crippen LogP contribution in [0.3, 0.4) is 0 Å². The van der Waals surface area contributed by atoms with E-state index in [2.05, 4.69) is 10.3 Å². The van der Waals surface area contributed by atoms with E-state index in [0.717, 1.165) is 25.0 Å². The topological polar surface area (TPSA) is 65.5 Å². The van der Waals surface area contributed by atoms with Crippen molar-refractivity contribution in [3.05, 3.63) is 10.6 Å². The zero-order valence-electron chi connectivity index (χ0n) is 12.2. The maximum absolute atomic E-state index is 12.3. The summed E-state index contributed by atoms with van der Waals surface area (Å²) in [6.07, 6.45) is 5.27. The number of urea groups is 1. The standard InChI is InChI=1S/C14H20N4O2S/c1-17-7-4-8-18(9-12(17)19)14(20)16-13-15-10-5-2-3-6-11(10)21-13/h2-9H2,1H3,(H,15,16,20). The normalized spacial score (nSPS) is 19.2. The van der Waals surface area contributed by atoms with Crippen LogP contribution in [-0.2, 0) is 17.6 Å². The largest absolute Gasteiger partial charge is 0.344 e. The fraction of sp³-hybridized carbons (Fsp3) is 0.643. The van der Waals surface area contributed by atoms with E-state index >= 15 is 0 Å². The highest BCUT2D eigenvalue weighted by atomic mass is 32.1. The first kappa shape index (κ1) is 14.3. The SMILES string of the molecule is CN1CCCN(C(=O)Nc2nc3c(s2)CCCC3)CC1=O. The number of carbonyl (C=O) groups excluding carboxylic acids is 2. The summed E-state index contributed by atoms with van der Waals surface area (Å²) >= 11 is 1.57. The number of fused-ring (bicyclic) bond motifs is 1. The number of carbonyl (C=O) groups is 2. The zero-order valence-corrected chi connectivity index (χ0v) is 13.0. The molecule has 2 heterocycles. The Balaban J connectivity index is 1.65. The molecule has 0 saturated carbocycles. The van der Waals surface area contributed by atoms with E-state index in [1.165, 1.54) is 17.7 Å². The lowest BCUT2D eigenvalue weighted by Crippen LogP contribution is -2.40. The Kier molecular flexibility index (Phi) is 4.10. The Morgan fingerprint density at radius 1 is 1.24 bits per heavy atom. The van der Waals surface area contributed by atoms with Gasteiger partial charge in [0.05, 0.1) is 5.69 Å². The maximum atomic E-state index is 12.3. The van der Waals surface area contributed by atoms with Crippen molar-refractivity contribution in [3.8, 4) is 0 Å². The summed E-state index contributed by atoms with van der Waals surface area (Å²) in [5.74, 6) is -0.0129. The Morgan fingerprint density at radius 3 is 2.86 bits per heavy atom. The van der Waals surface area contributed by atoms with Gasteiger partial charge in [0.15, 0.2) is 5.13 Å². The first-order valence-corrected chi connectivity index (χ1v) is 8.23. The van der Waals surface area contributed by atoms with Gasteiger partial charge in [0.2, 0.25) is 5.91 Å². The van der Waals surface area contributed by atoms with Crippen LogP contribution in [0.2, 0.25) is 0 Å². The van der Waals surface area contributed by atoms with Crippen molar-refractivity contribution < 1.29 is 9.59 Å². The van der Waals surface area contributed by atoms with Crippen LogP contribution in [0.25, 0.3) is 0 Å². The van der Waals surface area contributed by atoms with E-state index in [0.29, 0.717) is 18.2 Å². The van der Waals surface area contributed by atoms with E-state index < -0.39 is 0 Å². The van der Waals surface area contributed by atoms with E-state index in [-0.39, 0.29) is 18.5 Å². The van der Waals surface area contributed by atoms with Gasteiger partial charge in [-0.25, -0.2) is 9.78 Å². The highest BCUT2D eigenvalue weighted by molar-refractivity contribution is 7.15. The lowest BCUT2D eigenvalue weighted by Gasteiger charge is -2.19. The van der Waals surface area contributed by atoms with Gasteiger partial charge in [-0.15, -0.1) is 11.3 Å². The number of hydrogen-bond donors (Lipinski definition) is 1. The minimum absolute atomic E-state index is 0.0129. The number of aryl methyl sites for hydroxylation is 2. The number of anilines is 1. The Morgan fingerprint density at radius 2 is 2.05 bits per heavy atom. The van der Waals surface area contributed by atoms with Gasteiger partial charge in [-0.3, -0.25) is 10.1 Å². The van der Waals surface area contributed by atoms with E-state index in [4.69, 9.17) is 0 Å². The molecule has 1 saturated heterocycles. The van der Waals surface area contributed by atoms with Crippen LogP contribution in [0.4, 0.5) is 9.93 Å². The van der Waals surface area contributed by atoms with Crippen LogP contribution in [0.5, 0.6) is 0 Å². The predicted octanol–water partition coefficient (Wildman–Crippen LogP) is 1.72. The molecule has 0 spiro atoms. The van der Waals surface area contributed by atoms with Gasteiger partial charge in [-0.2, -0.15) is 0 Å². The molecule has 0 bridgehead atoms. The molecule has 2 aliphatic rings. The van der Waals surface area contributed by atoms with Crippen LogP contribution in [0.15, 0.2) is 0 Å². The minimum Gasteiger partial charge on any atom is -0.344 e. The number of likely N-dealkylation sites (N-methyl/N-ethyl adjacent to an activating group) is 1. The zero-order chi connectivity index (χ0) is 14.8. The van der Waals surface area contributed by atoms with Gasteiger partial charge in [-0.05, 0) is 32.1 Å². The molecule has 6 nitrogen and oxygen atoms in total. The molecule has 21 heavy (non-hydrogen) atoms. The molecular formula is C14H20N4O2S. The second kappa shape index (κ2) is 6.01. The quantitative estimate of drug-likeness (QED) is 0.859. The third kappa shape index (κ3) is 3.18. The minimum atomic E-state index is -0.218. The highest BCUT2D eigenvalue weighted by Crippen LogP contribution is 2.29. The van der Waals surface area contributed by atoms with Crippen molar-refractivity contribution in [2.24, 2.45) is 0 Å². The molecule has 0 radical (unpaired) electrons. The summed E-state index contributed by atoms with van der Waals surface area (Å²) in [5, 5.41) is 3.52. The first-order valence-electron chi connectivity index (χ1n) is 7.42. The fourth-order valence-electron chi connectivity index (χ4n) is 2.74. The smallest absolute Gasteiger partial charge is 0.324 e. The van der Waals surface area contributed by atoms with Gasteiger partial charge in [0, 0.05) is 25.0 Å². The van der Waals surface area contributed by atoms with Crippen molar-refractivity contribution in [3.63, 3.8) is 0 Å². The average molecular weight is 308 g/mol. The Labute approximate surface area is 128 Å².